The van der Waals surface area contributed by atoms with E-state index in [0.717, 1.165) is 0 Å². The fourth-order valence-corrected chi connectivity index (χ4v) is 1.47. The van der Waals surface area contributed by atoms with Gasteiger partial charge >= 0.3 is 0 Å². The molecule has 0 bridgehead atoms. The van der Waals surface area contributed by atoms with E-state index in [4.69, 9.17) is 4.42 Å². The fraction of sp³-hybridized carbons (Fsp3) is 0.600. The molecule has 0 amide bonds. The van der Waals surface area contributed by atoms with Crippen molar-refractivity contribution in [1.29, 1.82) is 0 Å². The van der Waals surface area contributed by atoms with Crippen LogP contribution in [0.2, 0.25) is 0 Å². The lowest BCUT2D eigenvalue weighted by Gasteiger charge is -2.21. The summed E-state index contributed by atoms with van der Waals surface area (Å²) < 4.78 is 19.3. The zero-order valence-electron chi connectivity index (χ0n) is 8.60. The molecule has 0 fully saturated rings. The molecule has 4 heteroatoms. The molecule has 0 aromatic carbocycles. The molecule has 0 radical (unpaired) electrons. The van der Waals surface area contributed by atoms with Crippen molar-refractivity contribution < 1.29 is 8.81 Å². The van der Waals surface area contributed by atoms with E-state index in [1.165, 1.54) is 6.26 Å². The molecule has 1 heterocycles. The van der Waals surface area contributed by atoms with Gasteiger partial charge in [-0.25, -0.2) is 4.39 Å². The molecule has 1 unspecified atom stereocenters. The van der Waals surface area contributed by atoms with Gasteiger partial charge in [0.15, 0.2) is 11.9 Å². The van der Waals surface area contributed by atoms with Crippen LogP contribution < -0.4 is 5.32 Å². The summed E-state index contributed by atoms with van der Waals surface area (Å²) in [6, 6.07) is 1.69. The summed E-state index contributed by atoms with van der Waals surface area (Å²) in [5.74, 6) is 0.349. The zero-order valence-corrected chi connectivity index (χ0v) is 10.2. The number of halogens is 2. The van der Waals surface area contributed by atoms with Crippen molar-refractivity contribution >= 4 is 15.9 Å². The van der Waals surface area contributed by atoms with E-state index in [2.05, 4.69) is 21.2 Å². The van der Waals surface area contributed by atoms with Crippen LogP contribution in [0.1, 0.15) is 32.7 Å². The van der Waals surface area contributed by atoms with E-state index in [-0.39, 0.29) is 12.1 Å². The van der Waals surface area contributed by atoms with Crippen LogP contribution in [0, 0.1) is 0 Å². The van der Waals surface area contributed by atoms with Crippen LogP contribution in [0.4, 0.5) is 4.39 Å². The SMILES string of the molecule is CC(C)(C)NCC(F)c1occc1Br. The molecule has 1 atom stereocenters. The minimum atomic E-state index is -1.11. The van der Waals surface area contributed by atoms with Gasteiger partial charge in [0.2, 0.25) is 0 Å². The van der Waals surface area contributed by atoms with E-state index in [0.29, 0.717) is 10.2 Å². The highest BCUT2D eigenvalue weighted by Gasteiger charge is 2.19. The van der Waals surface area contributed by atoms with Crippen molar-refractivity contribution in [2.75, 3.05) is 6.54 Å². The fourth-order valence-electron chi connectivity index (χ4n) is 1.02. The molecule has 0 saturated heterocycles. The molecular formula is C10H15BrFNO. The highest BCUT2D eigenvalue weighted by Crippen LogP contribution is 2.26. The molecule has 2 nitrogen and oxygen atoms in total. The highest BCUT2D eigenvalue weighted by atomic mass is 79.9. The summed E-state index contributed by atoms with van der Waals surface area (Å²) in [7, 11) is 0. The minimum Gasteiger partial charge on any atom is -0.465 e. The van der Waals surface area contributed by atoms with Crippen LogP contribution in [0.25, 0.3) is 0 Å². The van der Waals surface area contributed by atoms with Crippen LogP contribution in [0.5, 0.6) is 0 Å². The Morgan fingerprint density at radius 3 is 2.64 bits per heavy atom. The molecule has 0 saturated carbocycles. The first-order chi connectivity index (χ1) is 6.40. The Morgan fingerprint density at radius 1 is 1.57 bits per heavy atom. The van der Waals surface area contributed by atoms with Gasteiger partial charge in [-0.2, -0.15) is 0 Å². The number of hydrogen-bond acceptors (Lipinski definition) is 2. The average Bonchev–Trinajstić information content (AvgIpc) is 2.46. The molecule has 1 aromatic heterocycles. The van der Waals surface area contributed by atoms with Crippen molar-refractivity contribution in [3.63, 3.8) is 0 Å². The van der Waals surface area contributed by atoms with Crippen molar-refractivity contribution in [3.8, 4) is 0 Å². The second kappa shape index (κ2) is 4.45. The number of nitrogens with one attached hydrogen (secondary N) is 1. The molecule has 0 aliphatic rings. The first-order valence-corrected chi connectivity index (χ1v) is 5.31. The smallest absolute Gasteiger partial charge is 0.171 e. The van der Waals surface area contributed by atoms with Gasteiger partial charge in [0, 0.05) is 12.1 Å². The molecule has 80 valence electrons. The van der Waals surface area contributed by atoms with Crippen molar-refractivity contribution in [2.45, 2.75) is 32.5 Å². The van der Waals surface area contributed by atoms with Gasteiger partial charge in [-0.05, 0) is 42.8 Å². The lowest BCUT2D eigenvalue weighted by molar-refractivity contribution is 0.252. The average molecular weight is 264 g/mol. The molecule has 0 spiro atoms. The van der Waals surface area contributed by atoms with Crippen molar-refractivity contribution in [1.82, 2.24) is 5.32 Å². The third kappa shape index (κ3) is 3.42. The predicted octanol–water partition coefficient (Wildman–Crippen LogP) is 3.44. The minimum absolute atomic E-state index is 0.0800. The lowest BCUT2D eigenvalue weighted by atomic mass is 10.1. The summed E-state index contributed by atoms with van der Waals surface area (Å²) in [6.45, 7) is 6.25. The van der Waals surface area contributed by atoms with E-state index in [9.17, 15) is 4.39 Å². The maximum Gasteiger partial charge on any atom is 0.171 e. The monoisotopic (exact) mass is 263 g/mol. The summed E-state index contributed by atoms with van der Waals surface area (Å²) in [6.07, 6.45) is 0.363. The Labute approximate surface area is 92.0 Å². The van der Waals surface area contributed by atoms with Crippen LogP contribution >= 0.6 is 15.9 Å². The topological polar surface area (TPSA) is 25.2 Å². The Balaban J connectivity index is 2.51. The first-order valence-electron chi connectivity index (χ1n) is 4.52. The third-order valence-corrected chi connectivity index (χ3v) is 2.40. The van der Waals surface area contributed by atoms with Crippen LogP contribution in [-0.4, -0.2) is 12.1 Å². The van der Waals surface area contributed by atoms with Gasteiger partial charge in [-0.3, -0.25) is 0 Å². The highest BCUT2D eigenvalue weighted by molar-refractivity contribution is 9.10. The Bertz CT molecular complexity index is 293. The molecule has 1 rings (SSSR count). The summed E-state index contributed by atoms with van der Waals surface area (Å²) >= 11 is 3.23. The van der Waals surface area contributed by atoms with Gasteiger partial charge in [0.05, 0.1) is 10.7 Å². The molecule has 1 aromatic rings. The molecule has 1 N–H and O–H groups in total. The maximum atomic E-state index is 13.6. The summed E-state index contributed by atoms with van der Waals surface area (Å²) in [4.78, 5) is 0. The lowest BCUT2D eigenvalue weighted by Crippen LogP contribution is -2.37. The number of hydrogen-bond donors (Lipinski definition) is 1. The van der Waals surface area contributed by atoms with Crippen LogP contribution in [0.3, 0.4) is 0 Å². The molecular weight excluding hydrogens is 249 g/mol. The van der Waals surface area contributed by atoms with E-state index >= 15 is 0 Å². The number of furan rings is 1. The van der Waals surface area contributed by atoms with Gasteiger partial charge in [-0.1, -0.05) is 0 Å². The van der Waals surface area contributed by atoms with Crippen molar-refractivity contribution in [3.05, 3.63) is 22.6 Å². The maximum absolute atomic E-state index is 13.6. The quantitative estimate of drug-likeness (QED) is 0.904. The van der Waals surface area contributed by atoms with Crippen LogP contribution in [-0.2, 0) is 0 Å². The standard InChI is InChI=1S/C10H15BrFNO/c1-10(2,3)13-6-8(12)9-7(11)4-5-14-9/h4-5,8,13H,6H2,1-3H3. The second-order valence-corrected chi connectivity index (χ2v) is 5.09. The van der Waals surface area contributed by atoms with E-state index in [1.807, 2.05) is 20.8 Å². The van der Waals surface area contributed by atoms with E-state index < -0.39 is 6.17 Å². The van der Waals surface area contributed by atoms with Gasteiger partial charge < -0.3 is 9.73 Å². The summed E-state index contributed by atoms with van der Waals surface area (Å²) in [5, 5.41) is 3.08. The summed E-state index contributed by atoms with van der Waals surface area (Å²) in [5.41, 5.74) is -0.0800. The van der Waals surface area contributed by atoms with Gasteiger partial charge in [-0.15, -0.1) is 0 Å². The normalized spacial score (nSPS) is 14.4. The first kappa shape index (κ1) is 11.7. The largest absolute Gasteiger partial charge is 0.465 e. The van der Waals surface area contributed by atoms with Crippen LogP contribution in [0.15, 0.2) is 21.2 Å². The third-order valence-electron chi connectivity index (χ3n) is 1.74. The van der Waals surface area contributed by atoms with Crippen molar-refractivity contribution in [2.24, 2.45) is 0 Å². The zero-order chi connectivity index (χ0) is 10.8. The molecule has 0 aliphatic carbocycles. The Hall–Kier alpha value is -0.350. The van der Waals surface area contributed by atoms with E-state index in [1.54, 1.807) is 6.07 Å². The number of alkyl halides is 1. The van der Waals surface area contributed by atoms with Gasteiger partial charge in [0.25, 0.3) is 0 Å². The predicted molar refractivity (Wildman–Crippen MR) is 58.0 cm³/mol. The van der Waals surface area contributed by atoms with Gasteiger partial charge in [0.1, 0.15) is 0 Å². The number of rotatable bonds is 3. The second-order valence-electron chi connectivity index (χ2n) is 4.23. The molecule has 14 heavy (non-hydrogen) atoms. The Morgan fingerprint density at radius 2 is 2.21 bits per heavy atom. The molecule has 0 aliphatic heterocycles. The Kier molecular flexibility index (Phi) is 3.72.